The Hall–Kier alpha value is -1.82. The van der Waals surface area contributed by atoms with Crippen LogP contribution in [0.15, 0.2) is 12.3 Å². The number of aliphatic hydroxyl groups excluding tert-OH is 1. The summed E-state index contributed by atoms with van der Waals surface area (Å²) in [6.45, 7) is 1.87. The minimum absolute atomic E-state index is 0.0334. The highest BCUT2D eigenvalue weighted by Crippen LogP contribution is 2.12. The molecule has 0 aliphatic heterocycles. The van der Waals surface area contributed by atoms with Gasteiger partial charge in [0.05, 0.1) is 18.4 Å². The van der Waals surface area contributed by atoms with Crippen LogP contribution in [0.4, 0.5) is 11.5 Å². The van der Waals surface area contributed by atoms with Gasteiger partial charge in [-0.15, -0.1) is 0 Å². The Morgan fingerprint density at radius 2 is 2.40 bits per heavy atom. The van der Waals surface area contributed by atoms with E-state index in [1.165, 1.54) is 6.20 Å². The molecule has 1 rings (SSSR count). The maximum Gasteiger partial charge on any atom is 0.248 e. The van der Waals surface area contributed by atoms with Crippen molar-refractivity contribution >= 4 is 17.4 Å². The number of rotatable bonds is 4. The molecule has 1 aromatic heterocycles. The topological polar surface area (TPSA) is 114 Å². The first-order chi connectivity index (χ1) is 7.00. The number of amides is 1. The molecule has 82 valence electrons. The second-order valence-corrected chi connectivity index (χ2v) is 3.23. The quantitative estimate of drug-likeness (QED) is 0.521. The van der Waals surface area contributed by atoms with E-state index < -0.39 is 12.0 Å². The molecule has 1 aromatic rings. The van der Waals surface area contributed by atoms with Gasteiger partial charge in [0.15, 0.2) is 0 Å². The van der Waals surface area contributed by atoms with E-state index >= 15 is 0 Å². The Labute approximate surface area is 87.3 Å². The molecule has 0 bridgehead atoms. The van der Waals surface area contributed by atoms with Gasteiger partial charge < -0.3 is 21.9 Å². The van der Waals surface area contributed by atoms with Crippen molar-refractivity contribution in [3.05, 3.63) is 17.8 Å². The first-order valence-corrected chi connectivity index (χ1v) is 4.44. The van der Waals surface area contributed by atoms with E-state index in [-0.39, 0.29) is 6.54 Å². The number of nitrogens with two attached hydrogens (primary N) is 2. The number of nitrogens with zero attached hydrogens (tertiary/aromatic N) is 1. The minimum atomic E-state index is -1.22. The number of pyridine rings is 1. The Bertz CT molecular complexity index is 367. The van der Waals surface area contributed by atoms with E-state index in [4.69, 9.17) is 16.6 Å². The number of hydrogen-bond donors (Lipinski definition) is 4. The molecule has 0 saturated heterocycles. The van der Waals surface area contributed by atoms with E-state index in [1.54, 1.807) is 6.07 Å². The fraction of sp³-hybridized carbons (Fsp3) is 0.333. The van der Waals surface area contributed by atoms with Crippen molar-refractivity contribution in [3.8, 4) is 0 Å². The van der Waals surface area contributed by atoms with Gasteiger partial charge in [0, 0.05) is 0 Å². The average molecular weight is 210 g/mol. The lowest BCUT2D eigenvalue weighted by atomic mass is 10.2. The smallest absolute Gasteiger partial charge is 0.248 e. The number of anilines is 2. The Morgan fingerprint density at radius 1 is 1.73 bits per heavy atom. The molecule has 1 heterocycles. The normalized spacial score (nSPS) is 12.1. The summed E-state index contributed by atoms with van der Waals surface area (Å²) >= 11 is 0. The van der Waals surface area contributed by atoms with E-state index in [0.29, 0.717) is 11.5 Å². The van der Waals surface area contributed by atoms with Crippen molar-refractivity contribution < 1.29 is 9.90 Å². The van der Waals surface area contributed by atoms with E-state index in [9.17, 15) is 4.79 Å². The lowest BCUT2D eigenvalue weighted by Crippen LogP contribution is -2.34. The van der Waals surface area contributed by atoms with Crippen LogP contribution in [0.25, 0.3) is 0 Å². The minimum Gasteiger partial charge on any atom is -0.397 e. The average Bonchev–Trinajstić information content (AvgIpc) is 2.19. The number of aryl methyl sites for hydroxylation is 1. The first-order valence-electron chi connectivity index (χ1n) is 4.44. The highest BCUT2D eigenvalue weighted by Gasteiger charge is 2.10. The Morgan fingerprint density at radius 3 is 2.93 bits per heavy atom. The molecule has 0 aliphatic rings. The fourth-order valence-electron chi connectivity index (χ4n) is 0.965. The van der Waals surface area contributed by atoms with Crippen LogP contribution in [-0.4, -0.2) is 28.6 Å². The SMILES string of the molecule is Cc1cc(NCC(O)C(N)=O)ncc1N. The zero-order valence-electron chi connectivity index (χ0n) is 8.40. The third-order valence-electron chi connectivity index (χ3n) is 1.96. The van der Waals surface area contributed by atoms with Crippen LogP contribution in [0.3, 0.4) is 0 Å². The van der Waals surface area contributed by atoms with Gasteiger partial charge in [-0.1, -0.05) is 0 Å². The molecular formula is C9H14N4O2. The maximum absolute atomic E-state index is 10.5. The standard InChI is InChI=1S/C9H14N4O2/c1-5-2-8(12-3-6(5)10)13-4-7(14)9(11)15/h2-3,7,14H,4,10H2,1H3,(H2,11,15)(H,12,13). The maximum atomic E-state index is 10.5. The van der Waals surface area contributed by atoms with Gasteiger partial charge in [-0.2, -0.15) is 0 Å². The molecule has 6 nitrogen and oxygen atoms in total. The molecule has 1 amide bonds. The lowest BCUT2D eigenvalue weighted by Gasteiger charge is -2.09. The summed E-state index contributed by atoms with van der Waals surface area (Å²) in [7, 11) is 0. The second-order valence-electron chi connectivity index (χ2n) is 3.23. The van der Waals surface area contributed by atoms with Crippen LogP contribution < -0.4 is 16.8 Å². The number of hydrogen-bond acceptors (Lipinski definition) is 5. The molecule has 0 saturated carbocycles. The molecule has 0 radical (unpaired) electrons. The number of nitrogens with one attached hydrogen (secondary N) is 1. The summed E-state index contributed by atoms with van der Waals surface area (Å²) in [5.74, 6) is -0.225. The molecule has 0 spiro atoms. The van der Waals surface area contributed by atoms with E-state index in [2.05, 4.69) is 10.3 Å². The largest absolute Gasteiger partial charge is 0.397 e. The van der Waals surface area contributed by atoms with Crippen LogP contribution in [0, 0.1) is 6.92 Å². The lowest BCUT2D eigenvalue weighted by molar-refractivity contribution is -0.125. The zero-order chi connectivity index (χ0) is 11.4. The predicted octanol–water partition coefficient (Wildman–Crippen LogP) is -0.770. The van der Waals surface area contributed by atoms with Gasteiger partial charge in [-0.3, -0.25) is 4.79 Å². The number of carbonyl (C=O) groups is 1. The molecule has 0 aliphatic carbocycles. The predicted molar refractivity (Wildman–Crippen MR) is 57.1 cm³/mol. The Balaban J connectivity index is 2.58. The van der Waals surface area contributed by atoms with Gasteiger partial charge in [0.2, 0.25) is 5.91 Å². The number of aromatic nitrogens is 1. The van der Waals surface area contributed by atoms with Gasteiger partial charge in [0.1, 0.15) is 11.9 Å². The van der Waals surface area contributed by atoms with Crippen LogP contribution in [0.1, 0.15) is 5.56 Å². The van der Waals surface area contributed by atoms with Crippen molar-refractivity contribution in [2.75, 3.05) is 17.6 Å². The van der Waals surface area contributed by atoms with Crippen molar-refractivity contribution in [1.29, 1.82) is 0 Å². The molecule has 0 aromatic carbocycles. The van der Waals surface area contributed by atoms with Crippen LogP contribution in [-0.2, 0) is 4.79 Å². The van der Waals surface area contributed by atoms with Crippen LogP contribution in [0.2, 0.25) is 0 Å². The molecule has 0 fully saturated rings. The monoisotopic (exact) mass is 210 g/mol. The van der Waals surface area contributed by atoms with Crippen molar-refractivity contribution in [1.82, 2.24) is 4.98 Å². The van der Waals surface area contributed by atoms with Crippen LogP contribution >= 0.6 is 0 Å². The van der Waals surface area contributed by atoms with Gasteiger partial charge in [-0.05, 0) is 18.6 Å². The summed E-state index contributed by atoms with van der Waals surface area (Å²) in [6.07, 6.45) is 0.290. The fourth-order valence-corrected chi connectivity index (χ4v) is 0.965. The highest BCUT2D eigenvalue weighted by molar-refractivity contribution is 5.79. The third kappa shape index (κ3) is 3.10. The molecular weight excluding hydrogens is 196 g/mol. The summed E-state index contributed by atoms with van der Waals surface area (Å²) in [5, 5.41) is 11.9. The summed E-state index contributed by atoms with van der Waals surface area (Å²) in [4.78, 5) is 14.5. The van der Waals surface area contributed by atoms with Crippen molar-refractivity contribution in [2.45, 2.75) is 13.0 Å². The third-order valence-corrected chi connectivity index (χ3v) is 1.96. The van der Waals surface area contributed by atoms with Gasteiger partial charge in [0.25, 0.3) is 0 Å². The zero-order valence-corrected chi connectivity index (χ0v) is 8.40. The van der Waals surface area contributed by atoms with E-state index in [0.717, 1.165) is 5.56 Å². The van der Waals surface area contributed by atoms with E-state index in [1.807, 2.05) is 6.92 Å². The molecule has 1 atom stereocenters. The Kier molecular flexibility index (Phi) is 3.46. The summed E-state index contributed by atoms with van der Waals surface area (Å²) < 4.78 is 0. The van der Waals surface area contributed by atoms with Gasteiger partial charge >= 0.3 is 0 Å². The summed E-state index contributed by atoms with van der Waals surface area (Å²) in [6, 6.07) is 1.73. The number of primary amides is 1. The molecule has 1 unspecified atom stereocenters. The number of aliphatic hydroxyl groups is 1. The van der Waals surface area contributed by atoms with Crippen molar-refractivity contribution in [3.63, 3.8) is 0 Å². The van der Waals surface area contributed by atoms with Crippen LogP contribution in [0.5, 0.6) is 0 Å². The number of carbonyl (C=O) groups excluding carboxylic acids is 1. The molecule has 6 heteroatoms. The molecule has 15 heavy (non-hydrogen) atoms. The first kappa shape index (κ1) is 11.3. The molecule has 6 N–H and O–H groups in total. The summed E-state index contributed by atoms with van der Waals surface area (Å²) in [5.41, 5.74) is 11.9. The highest BCUT2D eigenvalue weighted by atomic mass is 16.3. The van der Waals surface area contributed by atoms with Crippen molar-refractivity contribution in [2.24, 2.45) is 5.73 Å². The number of nitrogen functional groups attached to an aromatic ring is 1. The van der Waals surface area contributed by atoms with Gasteiger partial charge in [-0.25, -0.2) is 4.98 Å². The second kappa shape index (κ2) is 4.61.